The number of fused-ring (bicyclic) bond motifs is 1. The van der Waals surface area contributed by atoms with E-state index in [9.17, 15) is 13.2 Å². The quantitative estimate of drug-likeness (QED) is 0.769. The number of carbonyl (C=O) groups excluding carboxylic acids is 1. The van der Waals surface area contributed by atoms with Crippen LogP contribution >= 0.6 is 0 Å². The van der Waals surface area contributed by atoms with Gasteiger partial charge in [-0.2, -0.15) is 17.0 Å². The van der Waals surface area contributed by atoms with Crippen molar-refractivity contribution in [3.05, 3.63) is 35.4 Å². The molecule has 7 nitrogen and oxygen atoms in total. The Hall–Kier alpha value is -1.48. The number of morpholine rings is 1. The lowest BCUT2D eigenvalue weighted by atomic mass is 9.87. The molecule has 0 N–H and O–H groups in total. The number of carbonyl (C=O) groups is 1. The molecule has 27 heavy (non-hydrogen) atoms. The van der Waals surface area contributed by atoms with E-state index in [2.05, 4.69) is 19.1 Å². The maximum absolute atomic E-state index is 13.1. The molecule has 0 saturated carbocycles. The van der Waals surface area contributed by atoms with Crippen LogP contribution in [0.25, 0.3) is 0 Å². The summed E-state index contributed by atoms with van der Waals surface area (Å²) >= 11 is 0. The Balaban J connectivity index is 1.61. The average Bonchev–Trinajstić information content (AvgIpc) is 3.22. The number of ether oxygens (including phenoxy) is 1. The van der Waals surface area contributed by atoms with E-state index < -0.39 is 10.2 Å². The molecule has 0 aromatic heterocycles. The minimum atomic E-state index is -3.47. The van der Waals surface area contributed by atoms with Crippen molar-refractivity contribution in [2.75, 3.05) is 45.9 Å². The van der Waals surface area contributed by atoms with Gasteiger partial charge < -0.3 is 9.64 Å². The van der Waals surface area contributed by atoms with Gasteiger partial charge >= 0.3 is 0 Å². The summed E-state index contributed by atoms with van der Waals surface area (Å²) in [6.45, 7) is 6.95. The largest absolute Gasteiger partial charge is 0.379 e. The smallest absolute Gasteiger partial charge is 0.282 e. The van der Waals surface area contributed by atoms with Crippen LogP contribution in [-0.2, 0) is 19.7 Å². The van der Waals surface area contributed by atoms with Crippen molar-refractivity contribution < 1.29 is 17.9 Å². The van der Waals surface area contributed by atoms with E-state index >= 15 is 0 Å². The molecule has 0 spiro atoms. The molecule has 4 rings (SSSR count). The fraction of sp³-hybridized carbons (Fsp3) is 0.632. The monoisotopic (exact) mass is 393 g/mol. The second-order valence-corrected chi connectivity index (χ2v) is 9.66. The Morgan fingerprint density at radius 1 is 1.07 bits per heavy atom. The lowest BCUT2D eigenvalue weighted by molar-refractivity contribution is -0.130. The summed E-state index contributed by atoms with van der Waals surface area (Å²) in [6, 6.07) is 8.05. The molecule has 3 aliphatic rings. The third-order valence-electron chi connectivity index (χ3n) is 6.16. The maximum atomic E-state index is 13.1. The number of rotatable bonds is 3. The zero-order chi connectivity index (χ0) is 19.2. The first-order valence-electron chi connectivity index (χ1n) is 9.55. The van der Waals surface area contributed by atoms with E-state index in [1.807, 2.05) is 17.0 Å². The van der Waals surface area contributed by atoms with Gasteiger partial charge in [0.1, 0.15) is 0 Å². The first-order chi connectivity index (χ1) is 12.9. The molecule has 1 aromatic rings. The number of amides is 1. The number of benzene rings is 1. The van der Waals surface area contributed by atoms with E-state index in [4.69, 9.17) is 4.74 Å². The van der Waals surface area contributed by atoms with E-state index in [-0.39, 0.29) is 23.8 Å². The molecule has 3 atom stereocenters. The Labute approximate surface area is 161 Å². The predicted octanol–water partition coefficient (Wildman–Crippen LogP) is 1.02. The third-order valence-corrected chi connectivity index (χ3v) is 8.13. The summed E-state index contributed by atoms with van der Waals surface area (Å²) in [4.78, 5) is 14.2. The van der Waals surface area contributed by atoms with Gasteiger partial charge in [0, 0.05) is 45.6 Å². The van der Waals surface area contributed by atoms with E-state index in [0.717, 1.165) is 11.1 Å². The molecule has 0 unspecified atom stereocenters. The van der Waals surface area contributed by atoms with Crippen molar-refractivity contribution in [3.8, 4) is 0 Å². The molecule has 3 fully saturated rings. The van der Waals surface area contributed by atoms with Crippen LogP contribution in [0.5, 0.6) is 0 Å². The van der Waals surface area contributed by atoms with Crippen molar-refractivity contribution in [2.24, 2.45) is 11.8 Å². The van der Waals surface area contributed by atoms with Gasteiger partial charge in [-0.15, -0.1) is 0 Å². The summed E-state index contributed by atoms with van der Waals surface area (Å²) in [5, 5.41) is 0. The lowest BCUT2D eigenvalue weighted by Crippen LogP contribution is -2.48. The van der Waals surface area contributed by atoms with Crippen LogP contribution in [0.3, 0.4) is 0 Å². The van der Waals surface area contributed by atoms with E-state index in [1.54, 1.807) is 11.2 Å². The van der Waals surface area contributed by atoms with Gasteiger partial charge in [0.05, 0.1) is 19.3 Å². The fourth-order valence-corrected chi connectivity index (χ4v) is 6.45. The van der Waals surface area contributed by atoms with Crippen LogP contribution in [0.1, 0.15) is 24.1 Å². The number of likely N-dealkylation sites (tertiary alicyclic amines) is 1. The van der Waals surface area contributed by atoms with Gasteiger partial charge in [-0.1, -0.05) is 24.3 Å². The Kier molecular flexibility index (Phi) is 5.00. The predicted molar refractivity (Wildman–Crippen MR) is 101 cm³/mol. The first-order valence-corrected chi connectivity index (χ1v) is 10.9. The third kappa shape index (κ3) is 3.29. The van der Waals surface area contributed by atoms with Gasteiger partial charge in [-0.05, 0) is 24.0 Å². The molecule has 0 aliphatic carbocycles. The number of hydrogen-bond donors (Lipinski definition) is 0. The Morgan fingerprint density at radius 3 is 2.44 bits per heavy atom. The molecule has 3 heterocycles. The van der Waals surface area contributed by atoms with E-state index in [0.29, 0.717) is 45.9 Å². The zero-order valence-corrected chi connectivity index (χ0v) is 16.7. The van der Waals surface area contributed by atoms with Crippen LogP contribution in [-0.4, -0.2) is 73.8 Å². The average molecular weight is 394 g/mol. The number of aryl methyl sites for hydroxylation is 1. The zero-order valence-electron chi connectivity index (χ0n) is 15.9. The molecule has 0 bridgehead atoms. The Morgan fingerprint density at radius 2 is 1.78 bits per heavy atom. The lowest BCUT2D eigenvalue weighted by Gasteiger charge is -2.33. The Bertz CT molecular complexity index is 822. The highest BCUT2D eigenvalue weighted by Gasteiger charge is 2.51. The maximum Gasteiger partial charge on any atom is 0.282 e. The van der Waals surface area contributed by atoms with Crippen LogP contribution < -0.4 is 0 Å². The van der Waals surface area contributed by atoms with Gasteiger partial charge in [0.25, 0.3) is 10.2 Å². The highest BCUT2D eigenvalue weighted by atomic mass is 32.2. The summed E-state index contributed by atoms with van der Waals surface area (Å²) in [7, 11) is -3.47. The molecule has 3 saturated heterocycles. The van der Waals surface area contributed by atoms with Crippen LogP contribution in [0.4, 0.5) is 0 Å². The number of hydrogen-bond acceptors (Lipinski definition) is 4. The molecule has 3 aliphatic heterocycles. The minimum absolute atomic E-state index is 0.0558. The molecular formula is C19H27N3O4S. The van der Waals surface area contributed by atoms with Crippen molar-refractivity contribution in [1.82, 2.24) is 13.5 Å². The van der Waals surface area contributed by atoms with Crippen LogP contribution in [0.2, 0.25) is 0 Å². The van der Waals surface area contributed by atoms with Gasteiger partial charge in [-0.25, -0.2) is 0 Å². The standard InChI is InChI=1S/C19H27N3O4S/c1-14-5-3-4-6-17(14)19-18-13-21(11-16(18)12-22(19)15(2)23)27(24,25)20-7-9-26-10-8-20/h3-6,16,18-19H,7-13H2,1-2H3/t16-,18-,19-/m1/s1. The summed E-state index contributed by atoms with van der Waals surface area (Å²) < 4.78 is 34.6. The van der Waals surface area contributed by atoms with E-state index in [1.165, 1.54) is 4.31 Å². The molecule has 148 valence electrons. The molecule has 1 aromatic carbocycles. The molecule has 0 radical (unpaired) electrons. The summed E-state index contributed by atoms with van der Waals surface area (Å²) in [6.07, 6.45) is 0. The summed E-state index contributed by atoms with van der Waals surface area (Å²) in [5.41, 5.74) is 2.27. The summed E-state index contributed by atoms with van der Waals surface area (Å²) in [5.74, 6) is 0.361. The highest BCUT2D eigenvalue weighted by molar-refractivity contribution is 7.86. The van der Waals surface area contributed by atoms with Gasteiger partial charge in [0.15, 0.2) is 0 Å². The van der Waals surface area contributed by atoms with Crippen molar-refractivity contribution in [2.45, 2.75) is 19.9 Å². The molecular weight excluding hydrogens is 366 g/mol. The molecule has 8 heteroatoms. The topological polar surface area (TPSA) is 70.2 Å². The van der Waals surface area contributed by atoms with Crippen molar-refractivity contribution in [3.63, 3.8) is 0 Å². The minimum Gasteiger partial charge on any atom is -0.379 e. The normalized spacial score (nSPS) is 29.9. The van der Waals surface area contributed by atoms with Gasteiger partial charge in [0.2, 0.25) is 5.91 Å². The first kappa shape index (κ1) is 18.9. The van der Waals surface area contributed by atoms with Crippen LogP contribution in [0, 0.1) is 18.8 Å². The van der Waals surface area contributed by atoms with Crippen molar-refractivity contribution in [1.29, 1.82) is 0 Å². The van der Waals surface area contributed by atoms with Gasteiger partial charge in [-0.3, -0.25) is 4.79 Å². The highest BCUT2D eigenvalue weighted by Crippen LogP contribution is 2.46. The SMILES string of the molecule is CC(=O)N1C[C@H]2CN(S(=O)(=O)N3CCOCC3)C[C@H]2[C@H]1c1ccccc1C. The number of nitrogens with zero attached hydrogens (tertiary/aromatic N) is 3. The fourth-order valence-electron chi connectivity index (χ4n) is 4.77. The van der Waals surface area contributed by atoms with Crippen molar-refractivity contribution >= 4 is 16.1 Å². The second-order valence-electron chi connectivity index (χ2n) is 7.73. The second kappa shape index (κ2) is 7.16. The van der Waals surface area contributed by atoms with Crippen LogP contribution in [0.15, 0.2) is 24.3 Å². The molecule has 1 amide bonds.